The summed E-state index contributed by atoms with van der Waals surface area (Å²) in [5.74, 6) is 0.861. The quantitative estimate of drug-likeness (QED) is 0.810. The minimum absolute atomic E-state index is 0.0189. The van der Waals surface area contributed by atoms with E-state index in [0.717, 1.165) is 24.9 Å². The molecule has 0 aromatic carbocycles. The second kappa shape index (κ2) is 4.57. The summed E-state index contributed by atoms with van der Waals surface area (Å²) < 4.78 is 0. The van der Waals surface area contributed by atoms with Gasteiger partial charge in [0.25, 0.3) is 0 Å². The molecule has 3 nitrogen and oxygen atoms in total. The molecule has 2 heterocycles. The standard InChI is InChI=1S/C14H18N2O/c17-14(13-3-1-2-7-16-13)12-9-15-8-6-11(12)10-4-5-10/h6,8-10,13,16H,1-5,7H2/t13-/m1/s1. The second-order valence-electron chi connectivity index (χ2n) is 5.10. The van der Waals surface area contributed by atoms with Gasteiger partial charge in [-0.05, 0) is 49.8 Å². The summed E-state index contributed by atoms with van der Waals surface area (Å²) in [5, 5.41) is 3.33. The van der Waals surface area contributed by atoms with E-state index < -0.39 is 0 Å². The lowest BCUT2D eigenvalue weighted by Gasteiger charge is -2.23. The Kier molecular flexibility index (Phi) is 2.93. The zero-order valence-electron chi connectivity index (χ0n) is 9.98. The summed E-state index contributed by atoms with van der Waals surface area (Å²) in [6.45, 7) is 0.968. The fourth-order valence-electron chi connectivity index (χ4n) is 2.62. The minimum Gasteiger partial charge on any atom is -0.307 e. The van der Waals surface area contributed by atoms with Crippen molar-refractivity contribution >= 4 is 5.78 Å². The molecule has 1 saturated heterocycles. The fraction of sp³-hybridized carbons (Fsp3) is 0.571. The number of nitrogens with zero attached hydrogens (tertiary/aromatic N) is 1. The topological polar surface area (TPSA) is 42.0 Å². The first-order chi connectivity index (χ1) is 8.36. The second-order valence-corrected chi connectivity index (χ2v) is 5.10. The molecule has 1 aromatic heterocycles. The van der Waals surface area contributed by atoms with Crippen molar-refractivity contribution in [2.75, 3.05) is 6.54 Å². The normalized spacial score (nSPS) is 24.6. The highest BCUT2D eigenvalue weighted by Crippen LogP contribution is 2.41. The van der Waals surface area contributed by atoms with Gasteiger partial charge in [0.15, 0.2) is 5.78 Å². The lowest BCUT2D eigenvalue weighted by atomic mass is 9.93. The SMILES string of the molecule is O=C(c1cnccc1C1CC1)[C@H]1CCCCN1. The molecule has 0 unspecified atom stereocenters. The van der Waals surface area contributed by atoms with E-state index in [1.54, 1.807) is 12.4 Å². The van der Waals surface area contributed by atoms with Crippen LogP contribution >= 0.6 is 0 Å². The molecule has 0 bridgehead atoms. The third-order valence-corrected chi connectivity index (χ3v) is 3.76. The first kappa shape index (κ1) is 10.9. The molecule has 90 valence electrons. The molecular weight excluding hydrogens is 212 g/mol. The van der Waals surface area contributed by atoms with Crippen LogP contribution in [0.25, 0.3) is 0 Å². The van der Waals surface area contributed by atoms with Gasteiger partial charge in [0, 0.05) is 18.0 Å². The van der Waals surface area contributed by atoms with E-state index >= 15 is 0 Å². The summed E-state index contributed by atoms with van der Waals surface area (Å²) in [6, 6.07) is 2.04. The summed E-state index contributed by atoms with van der Waals surface area (Å²) in [6.07, 6.45) is 9.32. The molecule has 0 radical (unpaired) electrons. The Labute approximate surface area is 102 Å². The van der Waals surface area contributed by atoms with Crippen LogP contribution in [0.5, 0.6) is 0 Å². The maximum absolute atomic E-state index is 12.5. The van der Waals surface area contributed by atoms with E-state index in [1.165, 1.54) is 24.8 Å². The molecular formula is C14H18N2O. The average Bonchev–Trinajstić information content (AvgIpc) is 3.23. The summed E-state index contributed by atoms with van der Waals surface area (Å²) in [4.78, 5) is 16.6. The Morgan fingerprint density at radius 3 is 2.88 bits per heavy atom. The first-order valence-corrected chi connectivity index (χ1v) is 6.58. The molecule has 0 spiro atoms. The predicted octanol–water partition coefficient (Wildman–Crippen LogP) is 2.28. The number of nitrogens with one attached hydrogen (secondary N) is 1. The molecule has 1 N–H and O–H groups in total. The highest BCUT2D eigenvalue weighted by molar-refractivity contribution is 6.01. The maximum Gasteiger partial charge on any atom is 0.181 e. The van der Waals surface area contributed by atoms with Crippen molar-refractivity contribution in [2.24, 2.45) is 0 Å². The molecule has 3 rings (SSSR count). The predicted molar refractivity (Wildman–Crippen MR) is 66.2 cm³/mol. The molecule has 2 fully saturated rings. The largest absolute Gasteiger partial charge is 0.307 e. The number of carbonyl (C=O) groups is 1. The first-order valence-electron chi connectivity index (χ1n) is 6.58. The van der Waals surface area contributed by atoms with Crippen LogP contribution in [0.15, 0.2) is 18.5 Å². The van der Waals surface area contributed by atoms with Crippen LogP contribution in [-0.2, 0) is 0 Å². The van der Waals surface area contributed by atoms with Gasteiger partial charge in [0.1, 0.15) is 0 Å². The average molecular weight is 230 g/mol. The van der Waals surface area contributed by atoms with Gasteiger partial charge in [-0.2, -0.15) is 0 Å². The van der Waals surface area contributed by atoms with Gasteiger partial charge in [-0.25, -0.2) is 0 Å². The van der Waals surface area contributed by atoms with Crippen molar-refractivity contribution in [1.29, 1.82) is 0 Å². The third-order valence-electron chi connectivity index (χ3n) is 3.76. The Hall–Kier alpha value is -1.22. The van der Waals surface area contributed by atoms with Crippen LogP contribution in [-0.4, -0.2) is 23.4 Å². The number of ketones is 1. The summed E-state index contributed by atoms with van der Waals surface area (Å²) >= 11 is 0. The van der Waals surface area contributed by atoms with Crippen LogP contribution in [0.3, 0.4) is 0 Å². The number of carbonyl (C=O) groups excluding carboxylic acids is 1. The zero-order valence-corrected chi connectivity index (χ0v) is 9.98. The number of pyridine rings is 1. The van der Waals surface area contributed by atoms with Gasteiger partial charge in [-0.15, -0.1) is 0 Å². The Balaban J connectivity index is 1.84. The monoisotopic (exact) mass is 230 g/mol. The number of rotatable bonds is 3. The van der Waals surface area contributed by atoms with Crippen molar-refractivity contribution < 1.29 is 4.79 Å². The van der Waals surface area contributed by atoms with E-state index in [2.05, 4.69) is 10.3 Å². The Morgan fingerprint density at radius 2 is 2.18 bits per heavy atom. The molecule has 1 aliphatic heterocycles. The van der Waals surface area contributed by atoms with Gasteiger partial charge in [-0.1, -0.05) is 6.42 Å². The van der Waals surface area contributed by atoms with E-state index in [4.69, 9.17) is 0 Å². The Bertz CT molecular complexity index is 420. The summed E-state index contributed by atoms with van der Waals surface area (Å²) in [5.41, 5.74) is 2.08. The zero-order chi connectivity index (χ0) is 11.7. The molecule has 3 heteroatoms. The van der Waals surface area contributed by atoms with Gasteiger partial charge < -0.3 is 5.32 Å². The van der Waals surface area contributed by atoms with Crippen molar-refractivity contribution in [3.63, 3.8) is 0 Å². The molecule has 1 saturated carbocycles. The molecule has 1 aliphatic carbocycles. The van der Waals surface area contributed by atoms with E-state index in [1.807, 2.05) is 6.07 Å². The molecule has 1 aromatic rings. The van der Waals surface area contributed by atoms with Gasteiger partial charge in [0.05, 0.1) is 6.04 Å². The Morgan fingerprint density at radius 1 is 1.29 bits per heavy atom. The van der Waals surface area contributed by atoms with Gasteiger partial charge >= 0.3 is 0 Å². The van der Waals surface area contributed by atoms with Crippen LogP contribution in [0.2, 0.25) is 0 Å². The number of hydrogen-bond acceptors (Lipinski definition) is 3. The van der Waals surface area contributed by atoms with Crippen molar-refractivity contribution in [1.82, 2.24) is 10.3 Å². The van der Waals surface area contributed by atoms with Crippen molar-refractivity contribution in [3.8, 4) is 0 Å². The van der Waals surface area contributed by atoms with Crippen LogP contribution in [0, 0.1) is 0 Å². The number of piperidine rings is 1. The highest BCUT2D eigenvalue weighted by Gasteiger charge is 2.30. The lowest BCUT2D eigenvalue weighted by Crippen LogP contribution is -2.40. The van der Waals surface area contributed by atoms with Crippen LogP contribution in [0.1, 0.15) is 53.9 Å². The highest BCUT2D eigenvalue weighted by atomic mass is 16.1. The molecule has 17 heavy (non-hydrogen) atoms. The number of aromatic nitrogens is 1. The van der Waals surface area contributed by atoms with Crippen molar-refractivity contribution in [2.45, 2.75) is 44.1 Å². The number of Topliss-reactive ketones (excluding diaryl/α,β-unsaturated/α-hetero) is 1. The molecule has 0 amide bonds. The van der Waals surface area contributed by atoms with Gasteiger partial charge in [0.2, 0.25) is 0 Å². The maximum atomic E-state index is 12.5. The third kappa shape index (κ3) is 2.25. The van der Waals surface area contributed by atoms with Crippen LogP contribution in [0.4, 0.5) is 0 Å². The molecule has 2 aliphatic rings. The van der Waals surface area contributed by atoms with Gasteiger partial charge in [-0.3, -0.25) is 9.78 Å². The number of hydrogen-bond donors (Lipinski definition) is 1. The van der Waals surface area contributed by atoms with E-state index in [9.17, 15) is 4.79 Å². The summed E-state index contributed by atoms with van der Waals surface area (Å²) in [7, 11) is 0. The van der Waals surface area contributed by atoms with Crippen LogP contribution < -0.4 is 5.32 Å². The smallest absolute Gasteiger partial charge is 0.181 e. The van der Waals surface area contributed by atoms with E-state index in [0.29, 0.717) is 5.92 Å². The van der Waals surface area contributed by atoms with E-state index in [-0.39, 0.29) is 11.8 Å². The lowest BCUT2D eigenvalue weighted by molar-refractivity contribution is 0.0926. The minimum atomic E-state index is 0.0189. The molecule has 1 atom stereocenters. The fourth-order valence-corrected chi connectivity index (χ4v) is 2.62. The van der Waals surface area contributed by atoms with Crippen molar-refractivity contribution in [3.05, 3.63) is 29.6 Å².